The first kappa shape index (κ1) is 15.5. The minimum absolute atomic E-state index is 0.163. The predicted octanol–water partition coefficient (Wildman–Crippen LogP) is 2.93. The Morgan fingerprint density at radius 2 is 2.00 bits per heavy atom. The number of ether oxygens (including phenoxy) is 1. The molecule has 0 fully saturated rings. The molecule has 0 radical (unpaired) electrons. The summed E-state index contributed by atoms with van der Waals surface area (Å²) in [4.78, 5) is 12.4. The molecule has 1 aliphatic rings. The third kappa shape index (κ3) is 3.19. The van der Waals surface area contributed by atoms with Crippen LogP contribution in [-0.4, -0.2) is 13.0 Å². The molecule has 0 aliphatic carbocycles. The van der Waals surface area contributed by atoms with Gasteiger partial charge >= 0.3 is 0 Å². The topological polar surface area (TPSA) is 50.4 Å². The van der Waals surface area contributed by atoms with Crippen LogP contribution >= 0.6 is 0 Å². The lowest BCUT2D eigenvalue weighted by Gasteiger charge is -2.15. The smallest absolute Gasteiger partial charge is 0.251 e. The number of hydrogen-bond donors (Lipinski definition) is 2. The van der Waals surface area contributed by atoms with Crippen molar-refractivity contribution in [3.05, 3.63) is 64.5 Å². The van der Waals surface area contributed by atoms with Gasteiger partial charge in [-0.25, -0.2) is 4.39 Å². The van der Waals surface area contributed by atoms with Crippen LogP contribution in [0, 0.1) is 5.82 Å². The van der Waals surface area contributed by atoms with Crippen molar-refractivity contribution in [2.45, 2.75) is 26.1 Å². The number of carbonyl (C=O) groups excluding carboxylic acids is 1. The minimum Gasteiger partial charge on any atom is -0.494 e. The van der Waals surface area contributed by atoms with E-state index < -0.39 is 5.82 Å². The van der Waals surface area contributed by atoms with Crippen molar-refractivity contribution in [2.24, 2.45) is 0 Å². The number of hydrogen-bond acceptors (Lipinski definition) is 3. The van der Waals surface area contributed by atoms with Crippen molar-refractivity contribution < 1.29 is 13.9 Å². The highest BCUT2D eigenvalue weighted by Crippen LogP contribution is 2.22. The van der Waals surface area contributed by atoms with Gasteiger partial charge in [0.1, 0.15) is 0 Å². The van der Waals surface area contributed by atoms with Crippen LogP contribution in [0.25, 0.3) is 0 Å². The van der Waals surface area contributed by atoms with Crippen LogP contribution < -0.4 is 15.4 Å². The maximum Gasteiger partial charge on any atom is 0.251 e. The van der Waals surface area contributed by atoms with Gasteiger partial charge < -0.3 is 15.4 Å². The van der Waals surface area contributed by atoms with E-state index in [1.54, 1.807) is 12.1 Å². The molecule has 0 saturated heterocycles. The van der Waals surface area contributed by atoms with Gasteiger partial charge in [-0.1, -0.05) is 12.1 Å². The maximum atomic E-state index is 13.8. The highest BCUT2D eigenvalue weighted by molar-refractivity contribution is 5.94. The van der Waals surface area contributed by atoms with Gasteiger partial charge in [-0.05, 0) is 47.9 Å². The fourth-order valence-corrected chi connectivity index (χ4v) is 2.75. The van der Waals surface area contributed by atoms with E-state index in [2.05, 4.69) is 10.6 Å². The van der Waals surface area contributed by atoms with E-state index in [0.717, 1.165) is 18.7 Å². The zero-order valence-electron chi connectivity index (χ0n) is 13.2. The standard InChI is InChI=1S/C18H19FN2O2/c1-11(12-5-6-17(23-2)16(19)8-12)21-18(22)13-3-4-14-9-20-10-15(14)7-13/h3-8,11,20H,9-10H2,1-2H3,(H,21,22). The van der Waals surface area contributed by atoms with Gasteiger partial charge in [0.15, 0.2) is 11.6 Å². The fourth-order valence-electron chi connectivity index (χ4n) is 2.75. The second-order valence-corrected chi connectivity index (χ2v) is 5.68. The maximum absolute atomic E-state index is 13.8. The fraction of sp³-hybridized carbons (Fsp3) is 0.278. The number of amides is 1. The Morgan fingerprint density at radius 1 is 1.22 bits per heavy atom. The number of halogens is 1. The molecule has 1 aliphatic heterocycles. The molecule has 2 aromatic carbocycles. The summed E-state index contributed by atoms with van der Waals surface area (Å²) in [5, 5.41) is 6.15. The quantitative estimate of drug-likeness (QED) is 0.912. The largest absolute Gasteiger partial charge is 0.494 e. The van der Waals surface area contributed by atoms with Gasteiger partial charge in [-0.3, -0.25) is 4.79 Å². The van der Waals surface area contributed by atoms with Crippen LogP contribution in [0.4, 0.5) is 4.39 Å². The molecule has 1 atom stereocenters. The number of methoxy groups -OCH3 is 1. The molecule has 1 amide bonds. The third-order valence-corrected chi connectivity index (χ3v) is 4.12. The average Bonchev–Trinajstić information content (AvgIpc) is 3.02. The van der Waals surface area contributed by atoms with E-state index in [9.17, 15) is 9.18 Å². The molecule has 23 heavy (non-hydrogen) atoms. The van der Waals surface area contributed by atoms with Crippen LogP contribution in [0.1, 0.15) is 40.0 Å². The number of carbonyl (C=O) groups is 1. The molecule has 1 unspecified atom stereocenters. The van der Waals surface area contributed by atoms with Gasteiger partial charge in [0.25, 0.3) is 5.91 Å². The lowest BCUT2D eigenvalue weighted by atomic mass is 10.0. The van der Waals surface area contributed by atoms with Crippen molar-refractivity contribution >= 4 is 5.91 Å². The Labute approximate surface area is 134 Å². The van der Waals surface area contributed by atoms with Crippen LogP contribution in [-0.2, 0) is 13.1 Å². The van der Waals surface area contributed by atoms with Gasteiger partial charge in [-0.15, -0.1) is 0 Å². The van der Waals surface area contributed by atoms with E-state index in [-0.39, 0.29) is 17.7 Å². The van der Waals surface area contributed by atoms with Crippen molar-refractivity contribution in [3.63, 3.8) is 0 Å². The molecule has 5 heteroatoms. The molecule has 1 heterocycles. The summed E-state index contributed by atoms with van der Waals surface area (Å²) < 4.78 is 18.7. The summed E-state index contributed by atoms with van der Waals surface area (Å²) in [6, 6.07) is 10.1. The number of nitrogens with one attached hydrogen (secondary N) is 2. The van der Waals surface area contributed by atoms with E-state index in [0.29, 0.717) is 11.1 Å². The Morgan fingerprint density at radius 3 is 2.74 bits per heavy atom. The molecular formula is C18H19FN2O2. The second kappa shape index (κ2) is 6.38. The molecular weight excluding hydrogens is 295 g/mol. The van der Waals surface area contributed by atoms with Crippen LogP contribution in [0.5, 0.6) is 5.75 Å². The summed E-state index contributed by atoms with van der Waals surface area (Å²) >= 11 is 0. The molecule has 0 bridgehead atoms. The normalized spacial score (nSPS) is 14.2. The molecule has 120 valence electrons. The van der Waals surface area contributed by atoms with E-state index in [1.807, 2.05) is 25.1 Å². The second-order valence-electron chi connectivity index (χ2n) is 5.68. The van der Waals surface area contributed by atoms with Crippen molar-refractivity contribution in [1.82, 2.24) is 10.6 Å². The summed E-state index contributed by atoms with van der Waals surface area (Å²) in [6.07, 6.45) is 0. The van der Waals surface area contributed by atoms with Gasteiger partial charge in [0.2, 0.25) is 0 Å². The summed E-state index contributed by atoms with van der Waals surface area (Å²) in [5.41, 5.74) is 3.69. The first-order valence-electron chi connectivity index (χ1n) is 7.55. The minimum atomic E-state index is -0.435. The molecule has 3 rings (SSSR count). The van der Waals surface area contributed by atoms with E-state index in [4.69, 9.17) is 4.74 Å². The lowest BCUT2D eigenvalue weighted by Crippen LogP contribution is -2.26. The average molecular weight is 314 g/mol. The summed E-state index contributed by atoms with van der Waals surface area (Å²) in [5.74, 6) is -0.406. The van der Waals surface area contributed by atoms with E-state index in [1.165, 1.54) is 18.7 Å². The molecule has 0 aromatic heterocycles. The van der Waals surface area contributed by atoms with Crippen LogP contribution in [0.3, 0.4) is 0 Å². The Hall–Kier alpha value is -2.40. The first-order valence-corrected chi connectivity index (χ1v) is 7.55. The lowest BCUT2D eigenvalue weighted by molar-refractivity contribution is 0.0939. The number of benzene rings is 2. The molecule has 2 aromatic rings. The highest BCUT2D eigenvalue weighted by Gasteiger charge is 2.16. The summed E-state index contributed by atoms with van der Waals surface area (Å²) in [6.45, 7) is 3.46. The molecule has 0 saturated carbocycles. The van der Waals surface area contributed by atoms with E-state index >= 15 is 0 Å². The van der Waals surface area contributed by atoms with Gasteiger partial charge in [0, 0.05) is 18.7 Å². The number of rotatable bonds is 4. The van der Waals surface area contributed by atoms with Crippen molar-refractivity contribution in [3.8, 4) is 5.75 Å². The first-order chi connectivity index (χ1) is 11.1. The van der Waals surface area contributed by atoms with Crippen molar-refractivity contribution in [1.29, 1.82) is 0 Å². The Balaban J connectivity index is 1.73. The third-order valence-electron chi connectivity index (χ3n) is 4.12. The van der Waals surface area contributed by atoms with Gasteiger partial charge in [-0.2, -0.15) is 0 Å². The Bertz CT molecular complexity index is 746. The molecule has 2 N–H and O–H groups in total. The SMILES string of the molecule is COc1ccc(C(C)NC(=O)c2ccc3c(c2)CNC3)cc1F. The monoisotopic (exact) mass is 314 g/mol. The van der Waals surface area contributed by atoms with Crippen LogP contribution in [0.15, 0.2) is 36.4 Å². The van der Waals surface area contributed by atoms with Crippen LogP contribution in [0.2, 0.25) is 0 Å². The van der Waals surface area contributed by atoms with Gasteiger partial charge in [0.05, 0.1) is 13.2 Å². The zero-order valence-corrected chi connectivity index (χ0v) is 13.2. The highest BCUT2D eigenvalue weighted by atomic mass is 19.1. The Kier molecular flexibility index (Phi) is 4.30. The zero-order chi connectivity index (χ0) is 16.4. The summed E-state index contributed by atoms with van der Waals surface area (Å²) in [7, 11) is 1.42. The number of fused-ring (bicyclic) bond motifs is 1. The predicted molar refractivity (Wildman–Crippen MR) is 85.8 cm³/mol. The molecule has 4 nitrogen and oxygen atoms in total. The molecule has 0 spiro atoms. The van der Waals surface area contributed by atoms with Crippen molar-refractivity contribution in [2.75, 3.05) is 7.11 Å².